The molecule has 0 aromatic carbocycles. The van der Waals surface area contributed by atoms with Crippen molar-refractivity contribution in [1.29, 1.82) is 0 Å². The summed E-state index contributed by atoms with van der Waals surface area (Å²) in [5, 5.41) is 12.0. The number of urea groups is 1. The number of nitrogens with one attached hydrogen (secondary N) is 1. The maximum absolute atomic E-state index is 12.3. The van der Waals surface area contributed by atoms with E-state index in [2.05, 4.69) is 15.5 Å². The molecule has 23 heavy (non-hydrogen) atoms. The summed E-state index contributed by atoms with van der Waals surface area (Å²) < 4.78 is 5.42. The van der Waals surface area contributed by atoms with Gasteiger partial charge in [-0.05, 0) is 40.0 Å². The third kappa shape index (κ3) is 5.16. The Kier molecular flexibility index (Phi) is 5.56. The highest BCUT2D eigenvalue weighted by molar-refractivity contribution is 7.15. The van der Waals surface area contributed by atoms with Crippen molar-refractivity contribution in [2.75, 3.05) is 18.4 Å². The van der Waals surface area contributed by atoms with Gasteiger partial charge in [0.05, 0.1) is 5.92 Å². The molecule has 7 nitrogen and oxygen atoms in total. The fraction of sp³-hybridized carbons (Fsp3) is 0.733. The van der Waals surface area contributed by atoms with Crippen LogP contribution in [-0.2, 0) is 16.0 Å². The lowest BCUT2D eigenvalue weighted by molar-refractivity contribution is -0.161. The van der Waals surface area contributed by atoms with Crippen LogP contribution in [0.25, 0.3) is 0 Å². The summed E-state index contributed by atoms with van der Waals surface area (Å²) in [7, 11) is 0. The summed E-state index contributed by atoms with van der Waals surface area (Å²) in [6, 6.07) is -0.239. The molecule has 0 saturated carbocycles. The minimum absolute atomic E-state index is 0.237. The summed E-state index contributed by atoms with van der Waals surface area (Å²) >= 11 is 1.37. The zero-order valence-electron chi connectivity index (χ0n) is 14.1. The van der Waals surface area contributed by atoms with Gasteiger partial charge >= 0.3 is 12.0 Å². The van der Waals surface area contributed by atoms with E-state index in [1.807, 2.05) is 27.7 Å². The predicted molar refractivity (Wildman–Crippen MR) is 88.4 cm³/mol. The lowest BCUT2D eigenvalue weighted by Gasteiger charge is -2.32. The smallest absolute Gasteiger partial charge is 0.323 e. The van der Waals surface area contributed by atoms with Crippen LogP contribution in [0, 0.1) is 5.92 Å². The van der Waals surface area contributed by atoms with Crippen LogP contribution in [0.5, 0.6) is 0 Å². The molecule has 1 atom stereocenters. The maximum Gasteiger partial charge on any atom is 0.323 e. The van der Waals surface area contributed by atoms with E-state index in [1.54, 1.807) is 4.90 Å². The second kappa shape index (κ2) is 7.25. The van der Waals surface area contributed by atoms with Crippen LogP contribution in [0.4, 0.5) is 9.93 Å². The van der Waals surface area contributed by atoms with Gasteiger partial charge in [0, 0.05) is 13.1 Å². The number of hydrogen-bond acceptors (Lipinski definition) is 6. The van der Waals surface area contributed by atoms with Crippen molar-refractivity contribution in [1.82, 2.24) is 15.1 Å². The van der Waals surface area contributed by atoms with E-state index < -0.39 is 5.60 Å². The summed E-state index contributed by atoms with van der Waals surface area (Å²) in [6.45, 7) is 8.53. The topological polar surface area (TPSA) is 84.4 Å². The first-order valence-corrected chi connectivity index (χ1v) is 8.71. The Morgan fingerprint density at radius 2 is 2.13 bits per heavy atom. The Morgan fingerprint density at radius 3 is 2.74 bits per heavy atom. The van der Waals surface area contributed by atoms with Gasteiger partial charge in [-0.2, -0.15) is 0 Å². The van der Waals surface area contributed by atoms with E-state index in [-0.39, 0.29) is 17.9 Å². The number of aryl methyl sites for hydroxylation is 1. The summed E-state index contributed by atoms with van der Waals surface area (Å²) in [5.74, 6) is -0.506. The molecule has 1 aliphatic heterocycles. The van der Waals surface area contributed by atoms with Gasteiger partial charge in [-0.15, -0.1) is 10.2 Å². The lowest BCUT2D eigenvalue weighted by Crippen LogP contribution is -2.45. The molecule has 8 heteroatoms. The number of esters is 1. The summed E-state index contributed by atoms with van der Waals surface area (Å²) in [4.78, 5) is 26.1. The van der Waals surface area contributed by atoms with Crippen LogP contribution in [-0.4, -0.2) is 45.8 Å². The number of aromatic nitrogens is 2. The molecule has 1 N–H and O–H groups in total. The molecule has 2 rings (SSSR count). The van der Waals surface area contributed by atoms with Crippen LogP contribution in [0.15, 0.2) is 0 Å². The molecule has 2 amide bonds. The van der Waals surface area contributed by atoms with Gasteiger partial charge in [-0.25, -0.2) is 4.79 Å². The van der Waals surface area contributed by atoms with Crippen molar-refractivity contribution in [3.63, 3.8) is 0 Å². The van der Waals surface area contributed by atoms with Crippen molar-refractivity contribution in [3.8, 4) is 0 Å². The van der Waals surface area contributed by atoms with Crippen molar-refractivity contribution in [3.05, 3.63) is 5.01 Å². The van der Waals surface area contributed by atoms with Gasteiger partial charge in [0.25, 0.3) is 0 Å². The summed E-state index contributed by atoms with van der Waals surface area (Å²) in [5.41, 5.74) is -0.509. The largest absolute Gasteiger partial charge is 0.460 e. The third-order valence-corrected chi connectivity index (χ3v) is 4.41. The molecule has 0 unspecified atom stereocenters. The first-order valence-electron chi connectivity index (χ1n) is 7.89. The van der Waals surface area contributed by atoms with Gasteiger partial charge in [0.1, 0.15) is 10.6 Å². The van der Waals surface area contributed by atoms with Crippen LogP contribution < -0.4 is 5.32 Å². The number of piperidine rings is 1. The average Bonchev–Trinajstić information content (AvgIpc) is 2.93. The molecule has 1 aliphatic rings. The second-order valence-corrected chi connectivity index (χ2v) is 7.67. The zero-order chi connectivity index (χ0) is 17.0. The third-order valence-electron chi connectivity index (χ3n) is 3.43. The minimum atomic E-state index is -0.509. The minimum Gasteiger partial charge on any atom is -0.460 e. The molecule has 0 radical (unpaired) electrons. The SMILES string of the molecule is CCc1nnc(NC(=O)N2CCC[C@@H](C(=O)OC(C)(C)C)C2)s1. The molecule has 1 fully saturated rings. The first-order chi connectivity index (χ1) is 10.8. The van der Waals surface area contributed by atoms with E-state index in [0.29, 0.717) is 18.2 Å². The van der Waals surface area contributed by atoms with Crippen molar-refractivity contribution >= 4 is 28.5 Å². The highest BCUT2D eigenvalue weighted by Gasteiger charge is 2.31. The molecular formula is C15H24N4O3S. The molecular weight excluding hydrogens is 316 g/mol. The van der Waals surface area contributed by atoms with Crippen molar-refractivity contribution < 1.29 is 14.3 Å². The van der Waals surface area contributed by atoms with Gasteiger partial charge in [0.2, 0.25) is 5.13 Å². The van der Waals surface area contributed by atoms with Gasteiger partial charge in [-0.1, -0.05) is 18.3 Å². The number of hydrogen-bond donors (Lipinski definition) is 1. The molecule has 0 spiro atoms. The number of likely N-dealkylation sites (tertiary alicyclic amines) is 1. The highest BCUT2D eigenvalue weighted by atomic mass is 32.1. The van der Waals surface area contributed by atoms with E-state index in [9.17, 15) is 9.59 Å². The van der Waals surface area contributed by atoms with Crippen LogP contribution in [0.2, 0.25) is 0 Å². The van der Waals surface area contributed by atoms with Crippen molar-refractivity contribution in [2.24, 2.45) is 5.92 Å². The number of ether oxygens (including phenoxy) is 1. The van der Waals surface area contributed by atoms with Crippen LogP contribution in [0.3, 0.4) is 0 Å². The number of amides is 2. The maximum atomic E-state index is 12.3. The number of carbonyl (C=O) groups excluding carboxylic acids is 2. The fourth-order valence-corrected chi connectivity index (χ4v) is 3.03. The molecule has 0 bridgehead atoms. The quantitative estimate of drug-likeness (QED) is 0.855. The molecule has 1 aromatic heterocycles. The molecule has 0 aliphatic carbocycles. The lowest BCUT2D eigenvalue weighted by atomic mass is 9.98. The molecule has 2 heterocycles. The number of nitrogens with zero attached hydrogens (tertiary/aromatic N) is 3. The van der Waals surface area contributed by atoms with Gasteiger partial charge in [-0.3, -0.25) is 10.1 Å². The van der Waals surface area contributed by atoms with Crippen LogP contribution >= 0.6 is 11.3 Å². The predicted octanol–water partition coefficient (Wildman–Crippen LogP) is 2.69. The number of anilines is 1. The Hall–Kier alpha value is -1.70. The van der Waals surface area contributed by atoms with Gasteiger partial charge in [0.15, 0.2) is 0 Å². The van der Waals surface area contributed by atoms with E-state index in [4.69, 9.17) is 4.74 Å². The first kappa shape index (κ1) is 17.7. The Morgan fingerprint density at radius 1 is 1.39 bits per heavy atom. The van der Waals surface area contributed by atoms with E-state index >= 15 is 0 Å². The van der Waals surface area contributed by atoms with Crippen molar-refractivity contribution in [2.45, 2.75) is 52.6 Å². The molecule has 1 aromatic rings. The van der Waals surface area contributed by atoms with E-state index in [0.717, 1.165) is 24.3 Å². The summed E-state index contributed by atoms with van der Waals surface area (Å²) in [6.07, 6.45) is 2.32. The number of rotatable bonds is 3. The van der Waals surface area contributed by atoms with Gasteiger partial charge < -0.3 is 9.64 Å². The Balaban J connectivity index is 1.92. The monoisotopic (exact) mass is 340 g/mol. The molecule has 1 saturated heterocycles. The van der Waals surface area contributed by atoms with E-state index in [1.165, 1.54) is 11.3 Å². The molecule has 128 valence electrons. The zero-order valence-corrected chi connectivity index (χ0v) is 14.9. The fourth-order valence-electron chi connectivity index (χ4n) is 2.36. The van der Waals surface area contributed by atoms with Crippen LogP contribution in [0.1, 0.15) is 45.5 Å². The highest BCUT2D eigenvalue weighted by Crippen LogP contribution is 2.22. The number of carbonyl (C=O) groups is 2. The Bertz CT molecular complexity index is 567. The normalized spacial score (nSPS) is 18.6. The second-order valence-electron chi connectivity index (χ2n) is 6.60. The Labute approximate surface area is 140 Å². The standard InChI is InChI=1S/C15H24N4O3S/c1-5-11-17-18-13(23-11)16-14(21)19-8-6-7-10(9-19)12(20)22-15(2,3)4/h10H,5-9H2,1-4H3,(H,16,18,21)/t10-/m1/s1. The average molecular weight is 340 g/mol.